The largest absolute Gasteiger partial charge is 0.401 e. The fourth-order valence-electron chi connectivity index (χ4n) is 2.35. The highest BCUT2D eigenvalue weighted by Crippen LogP contribution is 2.20. The number of hydrogen-bond acceptors (Lipinski definition) is 8. The van der Waals surface area contributed by atoms with Crippen LogP contribution in [0.15, 0.2) is 16.3 Å². The molecule has 5 atom stereocenters. The van der Waals surface area contributed by atoms with E-state index in [2.05, 4.69) is 10.3 Å². The number of amidine groups is 1. The Morgan fingerprint density at radius 3 is 2.33 bits per heavy atom. The molecule has 0 radical (unpaired) electrons. The summed E-state index contributed by atoms with van der Waals surface area (Å²) < 4.78 is 5.22. The van der Waals surface area contributed by atoms with Gasteiger partial charge in [0.15, 0.2) is 6.23 Å². The molecule has 10 heteroatoms. The molecule has 0 aliphatic carbocycles. The molecule has 0 aromatic carbocycles. The Kier molecular flexibility index (Phi) is 7.58. The van der Waals surface area contributed by atoms with E-state index in [4.69, 9.17) is 21.3 Å². The number of nitrogens with two attached hydrogens (primary N) is 2. The van der Waals surface area contributed by atoms with Gasteiger partial charge in [-0.2, -0.15) is 0 Å². The smallest absolute Gasteiger partial charge is 0.258 e. The molecule has 1 saturated heterocycles. The molecule has 0 aromatic rings. The number of ether oxygens (including phenoxy) is 1. The summed E-state index contributed by atoms with van der Waals surface area (Å²) in [6.45, 7) is 1.27. The maximum Gasteiger partial charge on any atom is 0.258 e. The zero-order valence-corrected chi connectivity index (χ0v) is 13.7. The number of carbonyl (C=O) groups excluding carboxylic acids is 1. The van der Waals surface area contributed by atoms with Crippen LogP contribution in [0, 0.1) is 0 Å². The predicted molar refractivity (Wildman–Crippen MR) is 85.6 cm³/mol. The molecule has 10 nitrogen and oxygen atoms in total. The van der Waals surface area contributed by atoms with Gasteiger partial charge < -0.3 is 41.9 Å². The zero-order chi connectivity index (χ0) is 18.4. The first kappa shape index (κ1) is 20.3. The second-order valence-corrected chi connectivity index (χ2v) is 5.48. The second kappa shape index (κ2) is 8.94. The van der Waals surface area contributed by atoms with Crippen LogP contribution in [0.3, 0.4) is 0 Å². The monoisotopic (exact) mass is 346 g/mol. The van der Waals surface area contributed by atoms with Crippen molar-refractivity contribution >= 4 is 11.7 Å². The van der Waals surface area contributed by atoms with E-state index in [9.17, 15) is 20.1 Å². The van der Waals surface area contributed by atoms with Crippen molar-refractivity contribution in [2.75, 3.05) is 13.7 Å². The summed E-state index contributed by atoms with van der Waals surface area (Å²) in [5.41, 5.74) is 11.8. The average Bonchev–Trinajstić information content (AvgIpc) is 2.55. The van der Waals surface area contributed by atoms with Crippen LogP contribution in [0.5, 0.6) is 0 Å². The maximum absolute atomic E-state index is 12.4. The van der Waals surface area contributed by atoms with Crippen molar-refractivity contribution in [3.8, 4) is 0 Å². The van der Waals surface area contributed by atoms with Crippen molar-refractivity contribution in [2.45, 2.75) is 50.4 Å². The Balaban J connectivity index is 3.00. The molecule has 0 bridgehead atoms. The summed E-state index contributed by atoms with van der Waals surface area (Å²) in [5, 5.41) is 40.9. The lowest BCUT2D eigenvalue weighted by molar-refractivity contribution is -0.235. The van der Waals surface area contributed by atoms with Gasteiger partial charge in [0.2, 0.25) is 0 Å². The van der Waals surface area contributed by atoms with E-state index >= 15 is 0 Å². The number of amides is 1. The first-order valence-corrected chi connectivity index (χ1v) is 7.61. The molecule has 1 amide bonds. The third-order valence-corrected chi connectivity index (χ3v) is 3.73. The Morgan fingerprint density at radius 2 is 1.83 bits per heavy atom. The summed E-state index contributed by atoms with van der Waals surface area (Å²) in [5.74, 6) is -0.823. The molecule has 1 fully saturated rings. The lowest BCUT2D eigenvalue weighted by atomic mass is 9.98. The lowest BCUT2D eigenvalue weighted by Gasteiger charge is -2.40. The number of aliphatic hydroxyl groups excluding tert-OH is 4. The standard InChI is InChI=1S/C14H26N4O6/c1-3-4-6(15)8(12(16)17-2)13(23)18-14-11(22)10(21)9(20)7(5-19)24-14/h7,9-11,14,19-22H,3-5,15H2,1-2H3,(H2,16,17)(H,18,23). The normalized spacial score (nSPS) is 32.2. The molecule has 5 unspecified atom stereocenters. The van der Waals surface area contributed by atoms with E-state index in [-0.39, 0.29) is 17.1 Å². The number of hydrogen-bond donors (Lipinski definition) is 7. The van der Waals surface area contributed by atoms with Gasteiger partial charge in [0, 0.05) is 12.7 Å². The molecule has 138 valence electrons. The zero-order valence-electron chi connectivity index (χ0n) is 13.7. The Labute approximate surface area is 139 Å². The summed E-state index contributed by atoms with van der Waals surface area (Å²) in [6.07, 6.45) is -6.11. The van der Waals surface area contributed by atoms with E-state index < -0.39 is 43.2 Å². The number of nitrogens with zero attached hydrogens (tertiary/aromatic N) is 1. The van der Waals surface area contributed by atoms with E-state index in [1.165, 1.54) is 7.05 Å². The van der Waals surface area contributed by atoms with Crippen LogP contribution in [-0.4, -0.2) is 76.5 Å². The van der Waals surface area contributed by atoms with Gasteiger partial charge in [0.05, 0.1) is 12.2 Å². The Bertz CT molecular complexity index is 507. The van der Waals surface area contributed by atoms with Crippen molar-refractivity contribution in [1.82, 2.24) is 5.32 Å². The first-order chi connectivity index (χ1) is 11.3. The van der Waals surface area contributed by atoms with Crippen LogP contribution in [-0.2, 0) is 9.53 Å². The second-order valence-electron chi connectivity index (χ2n) is 5.48. The van der Waals surface area contributed by atoms with Crippen molar-refractivity contribution in [3.63, 3.8) is 0 Å². The van der Waals surface area contributed by atoms with Crippen molar-refractivity contribution in [1.29, 1.82) is 0 Å². The molecule has 1 aliphatic heterocycles. The third kappa shape index (κ3) is 4.42. The lowest BCUT2D eigenvalue weighted by Crippen LogP contribution is -2.63. The van der Waals surface area contributed by atoms with Gasteiger partial charge in [-0.25, -0.2) is 0 Å². The predicted octanol–water partition coefficient (Wildman–Crippen LogP) is -3.10. The SMILES string of the molecule is CCCC(N)=C(C(=O)NC1OC(CO)C(O)C(O)C1O)C(N)=NC. The quantitative estimate of drug-likeness (QED) is 0.150. The third-order valence-electron chi connectivity index (χ3n) is 3.73. The van der Waals surface area contributed by atoms with Gasteiger partial charge in [0.25, 0.3) is 5.91 Å². The van der Waals surface area contributed by atoms with Gasteiger partial charge in [0.1, 0.15) is 30.3 Å². The van der Waals surface area contributed by atoms with Gasteiger partial charge in [-0.05, 0) is 6.42 Å². The van der Waals surface area contributed by atoms with Gasteiger partial charge in [-0.3, -0.25) is 9.79 Å². The molecule has 9 N–H and O–H groups in total. The van der Waals surface area contributed by atoms with E-state index in [1.807, 2.05) is 6.92 Å². The number of aliphatic hydroxyl groups is 4. The van der Waals surface area contributed by atoms with Crippen molar-refractivity contribution in [2.24, 2.45) is 16.5 Å². The van der Waals surface area contributed by atoms with Gasteiger partial charge in [-0.1, -0.05) is 13.3 Å². The van der Waals surface area contributed by atoms with E-state index in [0.717, 1.165) is 0 Å². The van der Waals surface area contributed by atoms with E-state index in [1.54, 1.807) is 0 Å². The minimum Gasteiger partial charge on any atom is -0.401 e. The molecule has 0 spiro atoms. The highest BCUT2D eigenvalue weighted by molar-refractivity contribution is 6.20. The highest BCUT2D eigenvalue weighted by atomic mass is 16.6. The Morgan fingerprint density at radius 1 is 1.21 bits per heavy atom. The van der Waals surface area contributed by atoms with Crippen LogP contribution in [0.2, 0.25) is 0 Å². The van der Waals surface area contributed by atoms with Crippen LogP contribution in [0.4, 0.5) is 0 Å². The van der Waals surface area contributed by atoms with Crippen LogP contribution in [0.1, 0.15) is 19.8 Å². The number of aliphatic imine (C=N–C) groups is 1. The van der Waals surface area contributed by atoms with Gasteiger partial charge >= 0.3 is 0 Å². The fraction of sp³-hybridized carbons (Fsp3) is 0.714. The number of rotatable bonds is 6. The first-order valence-electron chi connectivity index (χ1n) is 7.61. The molecule has 0 saturated carbocycles. The molecule has 1 aliphatic rings. The molecular formula is C14H26N4O6. The molecule has 24 heavy (non-hydrogen) atoms. The number of allylic oxidation sites excluding steroid dienone is 1. The van der Waals surface area contributed by atoms with Gasteiger partial charge in [-0.15, -0.1) is 0 Å². The summed E-state index contributed by atoms with van der Waals surface area (Å²) >= 11 is 0. The van der Waals surface area contributed by atoms with Crippen molar-refractivity contribution in [3.05, 3.63) is 11.3 Å². The fourth-order valence-corrected chi connectivity index (χ4v) is 2.35. The maximum atomic E-state index is 12.4. The highest BCUT2D eigenvalue weighted by Gasteiger charge is 2.44. The summed E-state index contributed by atoms with van der Waals surface area (Å²) in [4.78, 5) is 16.2. The summed E-state index contributed by atoms with van der Waals surface area (Å²) in [6, 6.07) is 0. The Hall–Kier alpha value is -1.72. The average molecular weight is 346 g/mol. The number of nitrogens with one attached hydrogen (secondary N) is 1. The van der Waals surface area contributed by atoms with E-state index in [0.29, 0.717) is 12.8 Å². The van der Waals surface area contributed by atoms with Crippen LogP contribution >= 0.6 is 0 Å². The molecular weight excluding hydrogens is 320 g/mol. The summed E-state index contributed by atoms with van der Waals surface area (Å²) in [7, 11) is 1.40. The molecule has 1 heterocycles. The topological polar surface area (TPSA) is 184 Å². The number of carbonyl (C=O) groups is 1. The molecule has 0 aromatic heterocycles. The minimum atomic E-state index is -1.60. The van der Waals surface area contributed by atoms with Crippen LogP contribution < -0.4 is 16.8 Å². The molecule has 1 rings (SSSR count). The van der Waals surface area contributed by atoms with Crippen LogP contribution in [0.25, 0.3) is 0 Å². The minimum absolute atomic E-state index is 0.0451. The van der Waals surface area contributed by atoms with Crippen molar-refractivity contribution < 1.29 is 30.0 Å².